The molecule has 0 amide bonds. The number of nitriles is 1. The molecule has 0 radical (unpaired) electrons. The number of nitrogens with one attached hydrogen (secondary N) is 1. The van der Waals surface area contributed by atoms with Gasteiger partial charge in [0.05, 0.1) is 0 Å². The van der Waals surface area contributed by atoms with Crippen LogP contribution in [-0.2, 0) is 0 Å². The van der Waals surface area contributed by atoms with E-state index in [0.29, 0.717) is 17.7 Å². The molecule has 1 heterocycles. The van der Waals surface area contributed by atoms with E-state index in [1.807, 2.05) is 6.07 Å². The summed E-state index contributed by atoms with van der Waals surface area (Å²) in [4.78, 5) is 8.16. The van der Waals surface area contributed by atoms with Crippen molar-refractivity contribution in [3.63, 3.8) is 0 Å². The Balaban J connectivity index is 2.66. The summed E-state index contributed by atoms with van der Waals surface area (Å²) in [6, 6.07) is 4.00. The van der Waals surface area contributed by atoms with Crippen LogP contribution in [0, 0.1) is 11.3 Å². The van der Waals surface area contributed by atoms with Crippen LogP contribution in [0.3, 0.4) is 0 Å². The van der Waals surface area contributed by atoms with Crippen LogP contribution in [0.4, 0.5) is 5.95 Å². The van der Waals surface area contributed by atoms with Gasteiger partial charge in [0.15, 0.2) is 0 Å². The van der Waals surface area contributed by atoms with Gasteiger partial charge in [-0.1, -0.05) is 20.3 Å². The van der Waals surface area contributed by atoms with Crippen LogP contribution < -0.4 is 5.32 Å². The van der Waals surface area contributed by atoms with Gasteiger partial charge in [-0.05, 0) is 18.9 Å². The largest absolute Gasteiger partial charge is 0.351 e. The topological polar surface area (TPSA) is 61.6 Å². The van der Waals surface area contributed by atoms with Crippen molar-refractivity contribution in [2.75, 3.05) is 5.32 Å². The van der Waals surface area contributed by atoms with Gasteiger partial charge in [-0.2, -0.15) is 5.26 Å². The SMILES string of the molecule is CCCC(CC)Nc1nccc(C#N)n1. The lowest BCUT2D eigenvalue weighted by molar-refractivity contribution is 0.617. The number of anilines is 1. The molecule has 1 unspecified atom stereocenters. The molecular formula is C11H16N4. The molecule has 1 rings (SSSR count). The van der Waals surface area contributed by atoms with E-state index in [2.05, 4.69) is 29.1 Å². The van der Waals surface area contributed by atoms with Crippen LogP contribution in [0.25, 0.3) is 0 Å². The summed E-state index contributed by atoms with van der Waals surface area (Å²) in [5.74, 6) is 0.550. The van der Waals surface area contributed by atoms with Crippen molar-refractivity contribution in [1.29, 1.82) is 5.26 Å². The van der Waals surface area contributed by atoms with Crippen molar-refractivity contribution >= 4 is 5.95 Å². The Morgan fingerprint density at radius 1 is 1.53 bits per heavy atom. The monoisotopic (exact) mass is 204 g/mol. The molecule has 1 aromatic rings. The van der Waals surface area contributed by atoms with Gasteiger partial charge in [-0.15, -0.1) is 0 Å². The highest BCUT2D eigenvalue weighted by Crippen LogP contribution is 2.08. The fraction of sp³-hybridized carbons (Fsp3) is 0.545. The molecule has 1 N–H and O–H groups in total. The average molecular weight is 204 g/mol. The molecule has 4 heteroatoms. The quantitative estimate of drug-likeness (QED) is 0.799. The van der Waals surface area contributed by atoms with Crippen molar-refractivity contribution in [3.8, 4) is 6.07 Å². The zero-order chi connectivity index (χ0) is 11.1. The first-order valence-electron chi connectivity index (χ1n) is 5.29. The number of hydrogen-bond acceptors (Lipinski definition) is 4. The zero-order valence-corrected chi connectivity index (χ0v) is 9.20. The van der Waals surface area contributed by atoms with Crippen molar-refractivity contribution in [2.45, 2.75) is 39.2 Å². The van der Waals surface area contributed by atoms with Crippen molar-refractivity contribution in [3.05, 3.63) is 18.0 Å². The van der Waals surface area contributed by atoms with Crippen molar-refractivity contribution in [2.24, 2.45) is 0 Å². The lowest BCUT2D eigenvalue weighted by Crippen LogP contribution is -2.19. The van der Waals surface area contributed by atoms with E-state index in [4.69, 9.17) is 5.26 Å². The number of rotatable bonds is 5. The lowest BCUT2D eigenvalue weighted by atomic mass is 10.1. The third-order valence-corrected chi connectivity index (χ3v) is 2.23. The molecule has 0 aliphatic rings. The standard InChI is InChI=1S/C11H16N4/c1-3-5-9(4-2)14-11-13-7-6-10(8-12)15-11/h6-7,9H,3-5H2,1-2H3,(H,13,14,15). The molecule has 1 atom stereocenters. The van der Waals surface area contributed by atoms with Gasteiger partial charge in [0.25, 0.3) is 0 Å². The predicted molar refractivity (Wildman–Crippen MR) is 59.4 cm³/mol. The minimum Gasteiger partial charge on any atom is -0.351 e. The Labute approximate surface area is 90.4 Å². The molecule has 0 aliphatic carbocycles. The van der Waals surface area contributed by atoms with Crippen LogP contribution in [0.5, 0.6) is 0 Å². The van der Waals surface area contributed by atoms with Crippen molar-refractivity contribution < 1.29 is 0 Å². The Kier molecular flexibility index (Phi) is 4.55. The summed E-state index contributed by atoms with van der Waals surface area (Å²) in [6.07, 6.45) is 4.86. The van der Waals surface area contributed by atoms with Crippen LogP contribution in [0.2, 0.25) is 0 Å². The normalized spacial score (nSPS) is 11.8. The molecule has 1 aromatic heterocycles. The fourth-order valence-electron chi connectivity index (χ4n) is 1.40. The van der Waals surface area contributed by atoms with E-state index in [9.17, 15) is 0 Å². The maximum absolute atomic E-state index is 8.69. The molecule has 0 saturated heterocycles. The fourth-order valence-corrected chi connectivity index (χ4v) is 1.40. The Hall–Kier alpha value is -1.63. The van der Waals surface area contributed by atoms with Crippen LogP contribution >= 0.6 is 0 Å². The summed E-state index contributed by atoms with van der Waals surface area (Å²) >= 11 is 0. The second kappa shape index (κ2) is 5.97. The molecule has 4 nitrogen and oxygen atoms in total. The van der Waals surface area contributed by atoms with E-state index >= 15 is 0 Å². The molecule has 0 fully saturated rings. The number of aromatic nitrogens is 2. The summed E-state index contributed by atoms with van der Waals surface area (Å²) in [7, 11) is 0. The summed E-state index contributed by atoms with van der Waals surface area (Å²) < 4.78 is 0. The molecule has 0 bridgehead atoms. The van der Waals surface area contributed by atoms with Gasteiger partial charge >= 0.3 is 0 Å². The van der Waals surface area contributed by atoms with E-state index < -0.39 is 0 Å². The second-order valence-electron chi connectivity index (χ2n) is 3.42. The Morgan fingerprint density at radius 3 is 2.93 bits per heavy atom. The molecule has 0 aromatic carbocycles. The van der Waals surface area contributed by atoms with E-state index in [0.717, 1.165) is 19.3 Å². The molecule has 0 aliphatic heterocycles. The highest BCUT2D eigenvalue weighted by Gasteiger charge is 2.06. The molecule has 0 spiro atoms. The third-order valence-electron chi connectivity index (χ3n) is 2.23. The molecular weight excluding hydrogens is 188 g/mol. The Morgan fingerprint density at radius 2 is 2.33 bits per heavy atom. The third kappa shape index (κ3) is 3.55. The van der Waals surface area contributed by atoms with Crippen molar-refractivity contribution in [1.82, 2.24) is 9.97 Å². The average Bonchev–Trinajstić information content (AvgIpc) is 2.29. The van der Waals surface area contributed by atoms with Crippen LogP contribution in [0.15, 0.2) is 12.3 Å². The van der Waals surface area contributed by atoms with Gasteiger partial charge in [-0.25, -0.2) is 9.97 Å². The van der Waals surface area contributed by atoms with Gasteiger partial charge in [-0.3, -0.25) is 0 Å². The van der Waals surface area contributed by atoms with Crippen LogP contribution in [0.1, 0.15) is 38.8 Å². The first-order chi connectivity index (χ1) is 7.30. The highest BCUT2D eigenvalue weighted by atomic mass is 15.1. The summed E-state index contributed by atoms with van der Waals surface area (Å²) in [6.45, 7) is 4.28. The summed E-state index contributed by atoms with van der Waals surface area (Å²) in [5.41, 5.74) is 0.402. The van der Waals surface area contributed by atoms with Gasteiger partial charge in [0.2, 0.25) is 5.95 Å². The predicted octanol–water partition coefficient (Wildman–Crippen LogP) is 2.34. The van der Waals surface area contributed by atoms with Crippen LogP contribution in [-0.4, -0.2) is 16.0 Å². The maximum Gasteiger partial charge on any atom is 0.224 e. The minimum absolute atomic E-state index is 0.393. The second-order valence-corrected chi connectivity index (χ2v) is 3.42. The Bertz CT molecular complexity index is 343. The number of hydrogen-bond donors (Lipinski definition) is 1. The van der Waals surface area contributed by atoms with E-state index in [1.165, 1.54) is 0 Å². The van der Waals surface area contributed by atoms with Gasteiger partial charge in [0, 0.05) is 12.2 Å². The van der Waals surface area contributed by atoms with Gasteiger partial charge < -0.3 is 5.32 Å². The molecule has 80 valence electrons. The molecule has 0 saturated carbocycles. The smallest absolute Gasteiger partial charge is 0.224 e. The van der Waals surface area contributed by atoms with E-state index in [1.54, 1.807) is 12.3 Å². The zero-order valence-electron chi connectivity index (χ0n) is 9.20. The van der Waals surface area contributed by atoms with Gasteiger partial charge in [0.1, 0.15) is 11.8 Å². The highest BCUT2D eigenvalue weighted by molar-refractivity contribution is 5.30. The first kappa shape index (κ1) is 11.4. The number of nitrogens with zero attached hydrogens (tertiary/aromatic N) is 3. The molecule has 15 heavy (non-hydrogen) atoms. The minimum atomic E-state index is 0.393. The maximum atomic E-state index is 8.69. The summed E-state index contributed by atoms with van der Waals surface area (Å²) in [5, 5.41) is 11.9. The van der Waals surface area contributed by atoms with E-state index in [-0.39, 0.29) is 0 Å². The lowest BCUT2D eigenvalue weighted by Gasteiger charge is -2.15. The first-order valence-corrected chi connectivity index (χ1v) is 5.29.